The van der Waals surface area contributed by atoms with Gasteiger partial charge in [-0.2, -0.15) is 18.3 Å². The van der Waals surface area contributed by atoms with E-state index < -0.39 is 23.3 Å². The van der Waals surface area contributed by atoms with Gasteiger partial charge in [0.25, 0.3) is 5.56 Å². The lowest BCUT2D eigenvalue weighted by molar-refractivity contribution is -0.137. The number of aromatic nitrogens is 2. The van der Waals surface area contributed by atoms with E-state index in [9.17, 15) is 22.8 Å². The lowest BCUT2D eigenvalue weighted by atomic mass is 10.1. The van der Waals surface area contributed by atoms with Crippen molar-refractivity contribution in [2.75, 3.05) is 31.1 Å². The van der Waals surface area contributed by atoms with Crippen LogP contribution in [0.3, 0.4) is 0 Å². The van der Waals surface area contributed by atoms with Crippen LogP contribution in [0.5, 0.6) is 0 Å². The number of piperazine rings is 1. The third-order valence-electron chi connectivity index (χ3n) is 5.45. The Balaban J connectivity index is 1.45. The van der Waals surface area contributed by atoms with Crippen LogP contribution >= 0.6 is 0 Å². The second kappa shape index (κ2) is 8.52. The highest BCUT2D eigenvalue weighted by Gasteiger charge is 2.32. The van der Waals surface area contributed by atoms with E-state index in [4.69, 9.17) is 4.42 Å². The van der Waals surface area contributed by atoms with Crippen molar-refractivity contribution in [2.45, 2.75) is 19.1 Å². The summed E-state index contributed by atoms with van der Waals surface area (Å²) in [4.78, 5) is 28.7. The fourth-order valence-corrected chi connectivity index (χ4v) is 3.69. The first-order valence-corrected chi connectivity index (χ1v) is 10.1. The molecule has 4 rings (SSSR count). The molecule has 1 unspecified atom stereocenters. The number of furan rings is 1. The van der Waals surface area contributed by atoms with Crippen LogP contribution in [-0.4, -0.2) is 46.8 Å². The topological polar surface area (TPSA) is 71.6 Å². The van der Waals surface area contributed by atoms with Gasteiger partial charge in [0, 0.05) is 37.9 Å². The monoisotopic (exact) mass is 446 g/mol. The van der Waals surface area contributed by atoms with Crippen molar-refractivity contribution in [3.8, 4) is 11.5 Å². The van der Waals surface area contributed by atoms with Crippen LogP contribution in [0.2, 0.25) is 0 Å². The first kappa shape index (κ1) is 21.7. The summed E-state index contributed by atoms with van der Waals surface area (Å²) < 4.78 is 45.4. The van der Waals surface area contributed by atoms with Gasteiger partial charge in [-0.05, 0) is 43.3 Å². The quantitative estimate of drug-likeness (QED) is 0.614. The number of benzene rings is 1. The van der Waals surface area contributed by atoms with Crippen LogP contribution < -0.4 is 10.5 Å². The van der Waals surface area contributed by atoms with Crippen LogP contribution in [0.1, 0.15) is 18.5 Å². The number of alkyl halides is 3. The van der Waals surface area contributed by atoms with Gasteiger partial charge in [-0.3, -0.25) is 9.59 Å². The number of carbonyl (C=O) groups is 1. The minimum Gasteiger partial charge on any atom is -0.463 e. The van der Waals surface area contributed by atoms with Gasteiger partial charge in [-0.15, -0.1) is 0 Å². The molecule has 7 nitrogen and oxygen atoms in total. The van der Waals surface area contributed by atoms with Crippen LogP contribution in [0.15, 0.2) is 64.0 Å². The second-order valence-corrected chi connectivity index (χ2v) is 7.52. The molecule has 1 aromatic carbocycles. The predicted octanol–water partition coefficient (Wildman–Crippen LogP) is 3.43. The smallest absolute Gasteiger partial charge is 0.416 e. The Bertz CT molecular complexity index is 1150. The molecule has 1 aliphatic heterocycles. The lowest BCUT2D eigenvalue weighted by Crippen LogP contribution is -2.51. The summed E-state index contributed by atoms with van der Waals surface area (Å²) >= 11 is 0. The van der Waals surface area contributed by atoms with Crippen LogP contribution in [0, 0.1) is 0 Å². The molecule has 3 heterocycles. The molecule has 0 bridgehead atoms. The van der Waals surface area contributed by atoms with Crippen molar-refractivity contribution in [3.05, 3.63) is 70.7 Å². The Morgan fingerprint density at radius 3 is 2.47 bits per heavy atom. The summed E-state index contributed by atoms with van der Waals surface area (Å²) in [5.74, 6) is 0.202. The summed E-state index contributed by atoms with van der Waals surface area (Å²) in [5.41, 5.74) is -0.222. The van der Waals surface area contributed by atoms with Gasteiger partial charge in [0.05, 0.1) is 11.8 Å². The number of rotatable bonds is 4. The summed E-state index contributed by atoms with van der Waals surface area (Å²) in [6, 6.07) is 10.6. The SMILES string of the molecule is CC(C(=O)N1CCN(c2cccc(C(F)(F)F)c2)CC1)n1nc(-c2ccco2)ccc1=O. The number of amides is 1. The number of hydrogen-bond donors (Lipinski definition) is 0. The summed E-state index contributed by atoms with van der Waals surface area (Å²) in [5, 5.41) is 4.27. The molecule has 2 aromatic heterocycles. The number of hydrogen-bond acceptors (Lipinski definition) is 5. The molecular weight excluding hydrogens is 425 g/mol. The number of halogens is 3. The van der Waals surface area contributed by atoms with Gasteiger partial charge in [0.2, 0.25) is 5.91 Å². The zero-order valence-electron chi connectivity index (χ0n) is 17.2. The van der Waals surface area contributed by atoms with E-state index in [2.05, 4.69) is 5.10 Å². The van der Waals surface area contributed by atoms with Crippen molar-refractivity contribution in [1.82, 2.24) is 14.7 Å². The largest absolute Gasteiger partial charge is 0.463 e. The van der Waals surface area contributed by atoms with E-state index in [0.29, 0.717) is 43.3 Å². The minimum absolute atomic E-state index is 0.278. The van der Waals surface area contributed by atoms with Gasteiger partial charge in [0.15, 0.2) is 5.76 Å². The maximum atomic E-state index is 13.0. The summed E-state index contributed by atoms with van der Waals surface area (Å²) in [6.07, 6.45) is -2.92. The average Bonchev–Trinajstić information content (AvgIpc) is 3.33. The molecule has 0 radical (unpaired) electrons. The summed E-state index contributed by atoms with van der Waals surface area (Å²) in [7, 11) is 0. The predicted molar refractivity (Wildman–Crippen MR) is 111 cm³/mol. The van der Waals surface area contributed by atoms with E-state index >= 15 is 0 Å². The Hall–Kier alpha value is -3.56. The van der Waals surface area contributed by atoms with Gasteiger partial charge in [-0.1, -0.05) is 6.07 Å². The molecule has 3 aromatic rings. The molecule has 32 heavy (non-hydrogen) atoms. The molecule has 0 N–H and O–H groups in total. The first-order chi connectivity index (χ1) is 15.2. The molecule has 1 fully saturated rings. The van der Waals surface area contributed by atoms with Crippen molar-refractivity contribution in [3.63, 3.8) is 0 Å². The van der Waals surface area contributed by atoms with E-state index in [1.165, 1.54) is 24.5 Å². The van der Waals surface area contributed by atoms with Crippen molar-refractivity contribution in [1.29, 1.82) is 0 Å². The molecule has 1 amide bonds. The fourth-order valence-electron chi connectivity index (χ4n) is 3.69. The molecule has 1 aliphatic rings. The Labute approximate surface area is 181 Å². The third kappa shape index (κ3) is 4.39. The molecule has 168 valence electrons. The Kier molecular flexibility index (Phi) is 5.77. The fraction of sp³-hybridized carbons (Fsp3) is 0.318. The third-order valence-corrected chi connectivity index (χ3v) is 5.45. The van der Waals surface area contributed by atoms with E-state index in [1.807, 2.05) is 4.90 Å². The molecule has 1 atom stereocenters. The molecule has 0 saturated carbocycles. The van der Waals surface area contributed by atoms with Crippen molar-refractivity contribution < 1.29 is 22.4 Å². The van der Waals surface area contributed by atoms with E-state index in [-0.39, 0.29) is 5.91 Å². The van der Waals surface area contributed by atoms with Gasteiger partial charge < -0.3 is 14.2 Å². The minimum atomic E-state index is -4.41. The van der Waals surface area contributed by atoms with Crippen LogP contribution in [0.4, 0.5) is 18.9 Å². The normalized spacial score (nSPS) is 15.6. The molecule has 10 heteroatoms. The average molecular weight is 446 g/mol. The Morgan fingerprint density at radius 1 is 1.06 bits per heavy atom. The second-order valence-electron chi connectivity index (χ2n) is 7.52. The standard InChI is InChI=1S/C22H21F3N4O3/c1-15(29-20(30)8-7-18(26-29)19-6-3-13-32-19)21(31)28-11-9-27(10-12-28)17-5-2-4-16(14-17)22(23,24)25/h2-8,13-15H,9-12H2,1H3. The lowest BCUT2D eigenvalue weighted by Gasteiger charge is -2.37. The molecular formula is C22H21F3N4O3. The van der Waals surface area contributed by atoms with E-state index in [1.54, 1.807) is 30.0 Å². The summed E-state index contributed by atoms with van der Waals surface area (Å²) in [6.45, 7) is 3.02. The first-order valence-electron chi connectivity index (χ1n) is 10.1. The Morgan fingerprint density at radius 2 is 1.81 bits per heavy atom. The van der Waals surface area contributed by atoms with E-state index in [0.717, 1.165) is 16.8 Å². The molecule has 0 aliphatic carbocycles. The van der Waals surface area contributed by atoms with Crippen molar-refractivity contribution in [2.24, 2.45) is 0 Å². The van der Waals surface area contributed by atoms with Crippen molar-refractivity contribution >= 4 is 11.6 Å². The number of nitrogens with zero attached hydrogens (tertiary/aromatic N) is 4. The maximum absolute atomic E-state index is 13.0. The van der Waals surface area contributed by atoms with Gasteiger partial charge >= 0.3 is 6.18 Å². The van der Waals surface area contributed by atoms with Gasteiger partial charge in [0.1, 0.15) is 11.7 Å². The highest BCUT2D eigenvalue weighted by atomic mass is 19.4. The highest BCUT2D eigenvalue weighted by molar-refractivity contribution is 5.80. The maximum Gasteiger partial charge on any atom is 0.416 e. The number of anilines is 1. The zero-order valence-corrected chi connectivity index (χ0v) is 17.2. The van der Waals surface area contributed by atoms with Crippen LogP contribution in [-0.2, 0) is 11.0 Å². The molecule has 0 spiro atoms. The van der Waals surface area contributed by atoms with Crippen LogP contribution in [0.25, 0.3) is 11.5 Å². The van der Waals surface area contributed by atoms with Gasteiger partial charge in [-0.25, -0.2) is 4.68 Å². The zero-order chi connectivity index (χ0) is 22.9. The number of carbonyl (C=O) groups excluding carboxylic acids is 1. The molecule has 1 saturated heterocycles. The highest BCUT2D eigenvalue weighted by Crippen LogP contribution is 2.32.